The van der Waals surface area contributed by atoms with Crippen LogP contribution >= 0.6 is 0 Å². The first-order valence-electron chi connectivity index (χ1n) is 6.80. The average molecular weight is 262 g/mol. The Morgan fingerprint density at radius 3 is 2.47 bits per heavy atom. The Labute approximate surface area is 114 Å². The number of benzene rings is 1. The maximum absolute atomic E-state index is 12.3. The summed E-state index contributed by atoms with van der Waals surface area (Å²) in [7, 11) is 0. The van der Waals surface area contributed by atoms with Crippen molar-refractivity contribution in [2.45, 2.75) is 38.5 Å². The number of nitrogens with zero attached hydrogens (tertiary/aromatic N) is 1. The molecule has 1 saturated heterocycles. The molecular formula is C15H22N2O2. The highest BCUT2D eigenvalue weighted by Gasteiger charge is 2.28. The Morgan fingerprint density at radius 2 is 1.89 bits per heavy atom. The minimum Gasteiger partial charge on any atom is -0.372 e. The summed E-state index contributed by atoms with van der Waals surface area (Å²) in [4.78, 5) is 14.2. The van der Waals surface area contributed by atoms with Gasteiger partial charge in [-0.25, -0.2) is 0 Å². The molecule has 0 radical (unpaired) electrons. The molecule has 1 aromatic carbocycles. The van der Waals surface area contributed by atoms with Gasteiger partial charge in [-0.15, -0.1) is 0 Å². The molecular weight excluding hydrogens is 240 g/mol. The van der Waals surface area contributed by atoms with Crippen molar-refractivity contribution in [3.05, 3.63) is 35.9 Å². The van der Waals surface area contributed by atoms with Gasteiger partial charge >= 0.3 is 0 Å². The van der Waals surface area contributed by atoms with Crippen LogP contribution < -0.4 is 5.73 Å². The first-order chi connectivity index (χ1) is 9.06. The monoisotopic (exact) mass is 262 g/mol. The predicted molar refractivity (Wildman–Crippen MR) is 74.7 cm³/mol. The molecule has 0 saturated carbocycles. The largest absolute Gasteiger partial charge is 0.372 e. The van der Waals surface area contributed by atoms with E-state index in [9.17, 15) is 4.79 Å². The van der Waals surface area contributed by atoms with Crippen LogP contribution in [0.2, 0.25) is 0 Å². The van der Waals surface area contributed by atoms with Crippen LogP contribution in [0.15, 0.2) is 30.3 Å². The fourth-order valence-electron chi connectivity index (χ4n) is 2.55. The van der Waals surface area contributed by atoms with Crippen molar-refractivity contribution >= 4 is 5.91 Å². The van der Waals surface area contributed by atoms with Gasteiger partial charge in [0, 0.05) is 13.1 Å². The van der Waals surface area contributed by atoms with Gasteiger partial charge in [-0.05, 0) is 25.8 Å². The molecule has 0 aliphatic carbocycles. The summed E-state index contributed by atoms with van der Waals surface area (Å²) in [5.74, 6) is 0.0193. The summed E-state index contributed by atoms with van der Waals surface area (Å²) in [5.41, 5.74) is 7.13. The number of carbonyl (C=O) groups excluding carboxylic acids is 1. The number of rotatable bonds is 3. The molecule has 1 aromatic rings. The average Bonchev–Trinajstić information content (AvgIpc) is 2.37. The Balaban J connectivity index is 1.95. The summed E-state index contributed by atoms with van der Waals surface area (Å²) in [6.07, 6.45) is 0.744. The maximum atomic E-state index is 12.3. The molecule has 0 aromatic heterocycles. The highest BCUT2D eigenvalue weighted by molar-refractivity contribution is 5.82. The lowest BCUT2D eigenvalue weighted by Gasteiger charge is -2.36. The van der Waals surface area contributed by atoms with Crippen LogP contribution in [0.4, 0.5) is 0 Å². The van der Waals surface area contributed by atoms with Crippen molar-refractivity contribution in [3.8, 4) is 0 Å². The summed E-state index contributed by atoms with van der Waals surface area (Å²) in [6.45, 7) is 5.23. The van der Waals surface area contributed by atoms with Crippen LogP contribution in [0.5, 0.6) is 0 Å². The lowest BCUT2D eigenvalue weighted by Crippen LogP contribution is -2.53. The Morgan fingerprint density at radius 1 is 1.32 bits per heavy atom. The summed E-state index contributed by atoms with van der Waals surface area (Å²) in [5, 5.41) is 0. The molecule has 104 valence electrons. The molecule has 1 heterocycles. The zero-order chi connectivity index (χ0) is 13.8. The van der Waals surface area contributed by atoms with Crippen LogP contribution in [0, 0.1) is 0 Å². The minimum absolute atomic E-state index is 0.0193. The lowest BCUT2D eigenvalue weighted by atomic mass is 10.0. The van der Waals surface area contributed by atoms with Crippen molar-refractivity contribution in [2.75, 3.05) is 13.1 Å². The molecule has 4 heteroatoms. The molecule has 19 heavy (non-hydrogen) atoms. The fourth-order valence-corrected chi connectivity index (χ4v) is 2.55. The second-order valence-corrected chi connectivity index (χ2v) is 5.30. The maximum Gasteiger partial charge on any atom is 0.240 e. The summed E-state index contributed by atoms with van der Waals surface area (Å²) in [6, 6.07) is 9.41. The van der Waals surface area contributed by atoms with Crippen molar-refractivity contribution in [3.63, 3.8) is 0 Å². The van der Waals surface area contributed by atoms with E-state index < -0.39 is 6.04 Å². The number of hydrogen-bond donors (Lipinski definition) is 1. The van der Waals surface area contributed by atoms with E-state index in [1.165, 1.54) is 0 Å². The van der Waals surface area contributed by atoms with Crippen LogP contribution in [0.3, 0.4) is 0 Å². The van der Waals surface area contributed by atoms with E-state index in [-0.39, 0.29) is 18.1 Å². The lowest BCUT2D eigenvalue weighted by molar-refractivity contribution is -0.144. The molecule has 1 amide bonds. The van der Waals surface area contributed by atoms with Gasteiger partial charge < -0.3 is 15.4 Å². The SMILES string of the molecule is C[C@@H]1CN(C(=O)[C@@H](N)Cc2ccccc2)C[C@H](C)O1. The summed E-state index contributed by atoms with van der Waals surface area (Å²) < 4.78 is 5.63. The van der Waals surface area contributed by atoms with Gasteiger partial charge in [0.2, 0.25) is 5.91 Å². The number of nitrogens with two attached hydrogens (primary N) is 1. The molecule has 1 aliphatic rings. The fraction of sp³-hybridized carbons (Fsp3) is 0.533. The number of ether oxygens (including phenoxy) is 1. The van der Waals surface area contributed by atoms with Gasteiger partial charge in [-0.2, -0.15) is 0 Å². The Bertz CT molecular complexity index is 411. The van der Waals surface area contributed by atoms with E-state index in [2.05, 4.69) is 0 Å². The van der Waals surface area contributed by atoms with Gasteiger partial charge in [-0.1, -0.05) is 30.3 Å². The number of carbonyl (C=O) groups is 1. The van der Waals surface area contributed by atoms with E-state index >= 15 is 0 Å². The van der Waals surface area contributed by atoms with E-state index in [1.54, 1.807) is 0 Å². The van der Waals surface area contributed by atoms with E-state index in [1.807, 2.05) is 49.1 Å². The van der Waals surface area contributed by atoms with E-state index in [0.29, 0.717) is 19.5 Å². The van der Waals surface area contributed by atoms with Gasteiger partial charge in [0.1, 0.15) is 0 Å². The zero-order valence-corrected chi connectivity index (χ0v) is 11.6. The smallest absolute Gasteiger partial charge is 0.240 e. The van der Waals surface area contributed by atoms with E-state index in [0.717, 1.165) is 5.56 Å². The number of amides is 1. The van der Waals surface area contributed by atoms with Crippen molar-refractivity contribution in [1.82, 2.24) is 4.90 Å². The Kier molecular flexibility index (Phi) is 4.56. The highest BCUT2D eigenvalue weighted by atomic mass is 16.5. The second kappa shape index (κ2) is 6.17. The summed E-state index contributed by atoms with van der Waals surface area (Å²) >= 11 is 0. The molecule has 0 bridgehead atoms. The van der Waals surface area contributed by atoms with Crippen molar-refractivity contribution in [1.29, 1.82) is 0 Å². The standard InChI is InChI=1S/C15H22N2O2/c1-11-9-17(10-12(2)19-11)15(18)14(16)8-13-6-4-3-5-7-13/h3-7,11-12,14H,8-10,16H2,1-2H3/t11-,12+,14-/m0/s1. The second-order valence-electron chi connectivity index (χ2n) is 5.30. The zero-order valence-electron chi connectivity index (χ0n) is 11.6. The van der Waals surface area contributed by atoms with Crippen LogP contribution in [-0.4, -0.2) is 42.1 Å². The molecule has 2 N–H and O–H groups in total. The topological polar surface area (TPSA) is 55.6 Å². The van der Waals surface area contributed by atoms with Gasteiger partial charge in [0.05, 0.1) is 18.2 Å². The quantitative estimate of drug-likeness (QED) is 0.890. The van der Waals surface area contributed by atoms with Gasteiger partial charge in [0.25, 0.3) is 0 Å². The molecule has 1 aliphatic heterocycles. The van der Waals surface area contributed by atoms with Gasteiger partial charge in [0.15, 0.2) is 0 Å². The molecule has 2 rings (SSSR count). The number of morpholine rings is 1. The third-order valence-corrected chi connectivity index (χ3v) is 3.35. The first kappa shape index (κ1) is 14.0. The third kappa shape index (κ3) is 3.78. The minimum atomic E-state index is -0.472. The highest BCUT2D eigenvalue weighted by Crippen LogP contribution is 2.12. The van der Waals surface area contributed by atoms with Gasteiger partial charge in [-0.3, -0.25) is 4.79 Å². The third-order valence-electron chi connectivity index (χ3n) is 3.35. The van der Waals surface area contributed by atoms with E-state index in [4.69, 9.17) is 10.5 Å². The first-order valence-corrected chi connectivity index (χ1v) is 6.80. The molecule has 3 atom stereocenters. The number of hydrogen-bond acceptors (Lipinski definition) is 3. The van der Waals surface area contributed by atoms with Crippen molar-refractivity contribution < 1.29 is 9.53 Å². The van der Waals surface area contributed by atoms with Crippen molar-refractivity contribution in [2.24, 2.45) is 5.73 Å². The van der Waals surface area contributed by atoms with Crippen LogP contribution in [0.1, 0.15) is 19.4 Å². The molecule has 1 fully saturated rings. The Hall–Kier alpha value is -1.39. The normalized spacial score (nSPS) is 25.1. The van der Waals surface area contributed by atoms with Crippen LogP contribution in [-0.2, 0) is 16.0 Å². The molecule has 0 spiro atoms. The molecule has 0 unspecified atom stereocenters. The predicted octanol–water partition coefficient (Wildman–Crippen LogP) is 1.19. The molecule has 4 nitrogen and oxygen atoms in total. The van der Waals surface area contributed by atoms with Crippen LogP contribution in [0.25, 0.3) is 0 Å².